The summed E-state index contributed by atoms with van der Waals surface area (Å²) in [6, 6.07) is 37.6. The van der Waals surface area contributed by atoms with Gasteiger partial charge < -0.3 is 8.83 Å². The average Bonchev–Trinajstić information content (AvgIpc) is 4.13. The Labute approximate surface area is 462 Å². The van der Waals surface area contributed by atoms with Gasteiger partial charge in [-0.3, -0.25) is 9.80 Å². The van der Waals surface area contributed by atoms with Crippen molar-refractivity contribution in [3.8, 4) is 22.9 Å². The molecule has 7 heteroatoms. The summed E-state index contributed by atoms with van der Waals surface area (Å²) in [6.45, 7) is 41.3. The lowest BCUT2D eigenvalue weighted by Gasteiger charge is -2.57. The molecule has 13 rings (SSSR count). The standard InChI is InChI=1S/C70H85BN4O2/c1-64(2,3)46-23-19-44(20-24-46)60-72-58-62(76-60)74(53-32-48(66(7,8)9)30-49(33-53)67(10,11)12)55-36-52(70-38-41-27-42(39-70)29-43(28-41)40-70)37-56-57(55)71(58)59-63(77-61(73-59)45-21-25-47(26-22-45)65(4,5)6)75(56)54-34-50(68(13,14)15)31-51(35-54)69(16,17)18/h19-26,30-37,41-43H,27-29,38-40H2,1-18H3. The van der Waals surface area contributed by atoms with Crippen LogP contribution in [-0.4, -0.2) is 16.7 Å². The second-order valence-corrected chi connectivity index (χ2v) is 30.8. The summed E-state index contributed by atoms with van der Waals surface area (Å²) in [5.41, 5.74) is 18.1. The van der Waals surface area contributed by atoms with Crippen LogP contribution in [0.3, 0.4) is 0 Å². The molecular formula is C70H85BN4O2. The Morgan fingerprint density at radius 3 is 1.03 bits per heavy atom. The van der Waals surface area contributed by atoms with Crippen LogP contribution in [0.25, 0.3) is 22.9 Å². The molecule has 0 atom stereocenters. The predicted octanol–water partition coefficient (Wildman–Crippen LogP) is 17.3. The molecule has 77 heavy (non-hydrogen) atoms. The fourth-order valence-corrected chi connectivity index (χ4v) is 14.2. The first kappa shape index (κ1) is 51.9. The van der Waals surface area contributed by atoms with E-state index >= 15 is 0 Å². The van der Waals surface area contributed by atoms with Crippen molar-refractivity contribution in [3.05, 3.63) is 136 Å². The van der Waals surface area contributed by atoms with Crippen molar-refractivity contribution in [2.75, 3.05) is 9.80 Å². The molecule has 4 fully saturated rings. The Kier molecular flexibility index (Phi) is 11.5. The number of nitrogens with zero attached hydrogens (tertiary/aromatic N) is 4. The van der Waals surface area contributed by atoms with Crippen LogP contribution in [0.1, 0.15) is 202 Å². The smallest absolute Gasteiger partial charge is 0.307 e. The molecule has 0 N–H and O–H groups in total. The molecule has 2 aromatic heterocycles. The van der Waals surface area contributed by atoms with Crippen LogP contribution in [0.4, 0.5) is 34.5 Å². The van der Waals surface area contributed by atoms with Crippen LogP contribution < -0.4 is 26.4 Å². The van der Waals surface area contributed by atoms with E-state index < -0.39 is 0 Å². The number of anilines is 6. The number of benzene rings is 5. The Morgan fingerprint density at radius 2 is 0.727 bits per heavy atom. The molecule has 4 bridgehead atoms. The van der Waals surface area contributed by atoms with E-state index in [0.29, 0.717) is 11.8 Å². The zero-order valence-corrected chi connectivity index (χ0v) is 49.9. The highest BCUT2D eigenvalue weighted by atomic mass is 16.4. The zero-order chi connectivity index (χ0) is 54.9. The molecule has 400 valence electrons. The van der Waals surface area contributed by atoms with Crippen molar-refractivity contribution >= 4 is 57.9 Å². The largest absolute Gasteiger partial charge is 0.420 e. The minimum Gasteiger partial charge on any atom is -0.420 e. The lowest BCUT2D eigenvalue weighted by atomic mass is 9.37. The molecular weight excluding hydrogens is 940 g/mol. The molecule has 6 aliphatic rings. The van der Waals surface area contributed by atoms with Gasteiger partial charge in [0.05, 0.1) is 11.2 Å². The molecule has 0 saturated heterocycles. The summed E-state index contributed by atoms with van der Waals surface area (Å²) in [7, 11) is 0. The van der Waals surface area contributed by atoms with E-state index in [1.807, 2.05) is 0 Å². The van der Waals surface area contributed by atoms with Crippen LogP contribution in [0.2, 0.25) is 0 Å². The number of oxazole rings is 2. The van der Waals surface area contributed by atoms with Gasteiger partial charge in [-0.15, -0.1) is 0 Å². The van der Waals surface area contributed by atoms with E-state index in [0.717, 1.165) is 74.6 Å². The maximum absolute atomic E-state index is 7.49. The maximum atomic E-state index is 7.49. The summed E-state index contributed by atoms with van der Waals surface area (Å²) in [5, 5.41) is 0. The summed E-state index contributed by atoms with van der Waals surface area (Å²) in [4.78, 5) is 16.4. The summed E-state index contributed by atoms with van der Waals surface area (Å²) < 4.78 is 15.0. The second-order valence-electron chi connectivity index (χ2n) is 30.8. The normalized spacial score (nSPS) is 21.2. The van der Waals surface area contributed by atoms with Crippen LogP contribution in [0, 0.1) is 17.8 Å². The van der Waals surface area contributed by atoms with Gasteiger partial charge in [0.15, 0.2) is 0 Å². The van der Waals surface area contributed by atoms with Crippen molar-refractivity contribution in [3.63, 3.8) is 0 Å². The lowest BCUT2D eigenvalue weighted by molar-refractivity contribution is -0.00514. The van der Waals surface area contributed by atoms with Crippen molar-refractivity contribution in [1.82, 2.24) is 9.97 Å². The van der Waals surface area contributed by atoms with E-state index in [1.54, 1.807) is 0 Å². The molecule has 0 amide bonds. The highest BCUT2D eigenvalue weighted by Gasteiger charge is 2.55. The number of aromatic nitrogens is 2. The van der Waals surface area contributed by atoms with Gasteiger partial charge in [-0.2, -0.15) is 0 Å². The van der Waals surface area contributed by atoms with Gasteiger partial charge in [0, 0.05) is 33.9 Å². The Hall–Kier alpha value is -5.82. The van der Waals surface area contributed by atoms with Crippen LogP contribution >= 0.6 is 0 Å². The van der Waals surface area contributed by atoms with Gasteiger partial charge in [-0.25, -0.2) is 9.97 Å². The second kappa shape index (κ2) is 17.1. The SMILES string of the molecule is CC(C)(C)c1ccc(-c2nc3c(o2)N(c2cc(C(C)(C)C)cc(C(C)(C)C)c2)c2cc(C45CC6CC(CC(C6)C4)C5)cc4c2B3c2nc(-c3ccc(C(C)(C)C)cc3)oc2N4c2cc(C(C)(C)C)cc(C(C)(C)C)c2)cc1. The number of hydrogen-bond acceptors (Lipinski definition) is 6. The van der Waals surface area contributed by atoms with Gasteiger partial charge in [0.2, 0.25) is 23.5 Å². The fraction of sp³-hybridized carbons (Fsp3) is 0.486. The number of hydrogen-bond donors (Lipinski definition) is 0. The van der Waals surface area contributed by atoms with E-state index in [1.165, 1.54) is 82.9 Å². The first-order chi connectivity index (χ1) is 35.8. The van der Waals surface area contributed by atoms with E-state index in [4.69, 9.17) is 18.8 Å². The Bertz CT molecular complexity index is 3150. The molecule has 0 spiro atoms. The van der Waals surface area contributed by atoms with Gasteiger partial charge >= 0.3 is 6.71 Å². The first-order valence-electron chi connectivity index (χ1n) is 29.2. The average molecular weight is 1030 g/mol. The van der Waals surface area contributed by atoms with Crippen LogP contribution in [-0.2, 0) is 37.9 Å². The Balaban J connectivity index is 1.21. The molecule has 2 aliphatic heterocycles. The fourth-order valence-electron chi connectivity index (χ4n) is 14.2. The highest BCUT2D eigenvalue weighted by molar-refractivity contribution is 6.99. The molecule has 4 aliphatic carbocycles. The summed E-state index contributed by atoms with van der Waals surface area (Å²) in [6.07, 6.45) is 7.86. The molecule has 0 radical (unpaired) electrons. The summed E-state index contributed by atoms with van der Waals surface area (Å²) in [5.74, 6) is 5.02. The van der Waals surface area contributed by atoms with Gasteiger partial charge in [-0.1, -0.05) is 161 Å². The van der Waals surface area contributed by atoms with Gasteiger partial charge in [-0.05, 0) is 199 Å². The topological polar surface area (TPSA) is 58.5 Å². The van der Waals surface area contributed by atoms with Crippen LogP contribution in [0.5, 0.6) is 0 Å². The molecule has 5 aromatic carbocycles. The van der Waals surface area contributed by atoms with E-state index in [9.17, 15) is 0 Å². The number of rotatable bonds is 5. The van der Waals surface area contributed by atoms with Crippen molar-refractivity contribution < 1.29 is 8.83 Å². The number of fused-ring (bicyclic) bond motifs is 4. The van der Waals surface area contributed by atoms with Crippen LogP contribution in [0.15, 0.2) is 106 Å². The van der Waals surface area contributed by atoms with E-state index in [2.05, 4.69) is 231 Å². The minimum absolute atomic E-state index is 0.00256. The van der Waals surface area contributed by atoms with E-state index in [-0.39, 0.29) is 44.6 Å². The Morgan fingerprint density at radius 1 is 0.416 bits per heavy atom. The molecule has 0 unspecified atom stereocenters. The van der Waals surface area contributed by atoms with Crippen molar-refractivity contribution in [2.24, 2.45) is 17.8 Å². The first-order valence-corrected chi connectivity index (χ1v) is 29.2. The predicted molar refractivity (Wildman–Crippen MR) is 324 cm³/mol. The van der Waals surface area contributed by atoms with Crippen molar-refractivity contribution in [2.45, 2.75) is 201 Å². The third kappa shape index (κ3) is 8.93. The van der Waals surface area contributed by atoms with Gasteiger partial charge in [0.1, 0.15) is 0 Å². The maximum Gasteiger partial charge on any atom is 0.307 e. The molecule has 4 saturated carbocycles. The quantitative estimate of drug-likeness (QED) is 0.160. The zero-order valence-electron chi connectivity index (χ0n) is 49.9. The summed E-state index contributed by atoms with van der Waals surface area (Å²) >= 11 is 0. The highest BCUT2D eigenvalue weighted by Crippen LogP contribution is 2.62. The third-order valence-corrected chi connectivity index (χ3v) is 18.6. The molecule has 7 aromatic rings. The third-order valence-electron chi connectivity index (χ3n) is 18.6. The monoisotopic (exact) mass is 1020 g/mol. The molecule has 4 heterocycles. The van der Waals surface area contributed by atoms with Gasteiger partial charge in [0.25, 0.3) is 0 Å². The minimum atomic E-state index is -0.388. The molecule has 6 nitrogen and oxygen atoms in total. The lowest BCUT2D eigenvalue weighted by Crippen LogP contribution is -2.62. The van der Waals surface area contributed by atoms with Crippen molar-refractivity contribution in [1.29, 1.82) is 0 Å².